The van der Waals surface area contributed by atoms with Gasteiger partial charge in [-0.05, 0) is 68.3 Å². The Hall–Kier alpha value is -4.20. The van der Waals surface area contributed by atoms with Crippen molar-refractivity contribution in [2.45, 2.75) is 27.2 Å². The van der Waals surface area contributed by atoms with Crippen molar-refractivity contribution in [3.05, 3.63) is 77.9 Å². The van der Waals surface area contributed by atoms with Crippen LogP contribution >= 0.6 is 0 Å². The summed E-state index contributed by atoms with van der Waals surface area (Å²) in [4.78, 5) is 32.7. The molecule has 206 valence electrons. The van der Waals surface area contributed by atoms with E-state index < -0.39 is 0 Å². The zero-order valence-electron chi connectivity index (χ0n) is 23.4. The largest absolute Gasteiger partial charge is 0.495 e. The summed E-state index contributed by atoms with van der Waals surface area (Å²) in [6, 6.07) is 21.1. The quantitative estimate of drug-likeness (QED) is 0.371. The molecule has 39 heavy (non-hydrogen) atoms. The number of nitrogens with one attached hydrogen (secondary N) is 2. The first-order chi connectivity index (χ1) is 19.0. The number of ether oxygens (including phenoxy) is 1. The van der Waals surface area contributed by atoms with Crippen LogP contribution in [0.15, 0.2) is 66.7 Å². The van der Waals surface area contributed by atoms with Crippen LogP contribution in [0, 0.1) is 0 Å². The lowest BCUT2D eigenvalue weighted by Crippen LogP contribution is -2.47. The summed E-state index contributed by atoms with van der Waals surface area (Å²) >= 11 is 0. The number of para-hydroxylation sites is 2. The molecular weight excluding hydrogens is 490 g/mol. The van der Waals surface area contributed by atoms with Crippen molar-refractivity contribution in [1.29, 1.82) is 0 Å². The van der Waals surface area contributed by atoms with E-state index in [1.807, 2.05) is 73.3 Å². The summed E-state index contributed by atoms with van der Waals surface area (Å²) in [5.74, 6) is 0.820. The van der Waals surface area contributed by atoms with Crippen molar-refractivity contribution >= 4 is 34.7 Å². The highest BCUT2D eigenvalue weighted by Crippen LogP contribution is 2.31. The topological polar surface area (TPSA) is 77.1 Å². The number of anilines is 4. The van der Waals surface area contributed by atoms with E-state index in [4.69, 9.17) is 4.74 Å². The molecule has 1 fully saturated rings. The third-order valence-electron chi connectivity index (χ3n) is 7.17. The molecule has 1 saturated heterocycles. The molecule has 1 aliphatic rings. The molecule has 0 spiro atoms. The van der Waals surface area contributed by atoms with Gasteiger partial charge in [-0.15, -0.1) is 0 Å². The van der Waals surface area contributed by atoms with Crippen molar-refractivity contribution in [2.24, 2.45) is 0 Å². The number of carbonyl (C=O) groups is 2. The molecule has 3 aromatic rings. The fourth-order valence-corrected chi connectivity index (χ4v) is 4.98. The summed E-state index contributed by atoms with van der Waals surface area (Å²) < 4.78 is 5.56. The maximum atomic E-state index is 13.6. The first-order valence-electron chi connectivity index (χ1n) is 13.7. The second kappa shape index (κ2) is 13.0. The van der Waals surface area contributed by atoms with Gasteiger partial charge in [-0.25, -0.2) is 4.79 Å². The maximum absolute atomic E-state index is 13.6. The molecule has 0 aromatic heterocycles. The van der Waals surface area contributed by atoms with Gasteiger partial charge < -0.3 is 30.1 Å². The minimum absolute atomic E-state index is 0.0399. The summed E-state index contributed by atoms with van der Waals surface area (Å²) in [5, 5.41) is 5.80. The zero-order chi connectivity index (χ0) is 27.8. The summed E-state index contributed by atoms with van der Waals surface area (Å²) in [5.41, 5.74) is 5.01. The number of piperazine rings is 1. The van der Waals surface area contributed by atoms with Gasteiger partial charge in [-0.3, -0.25) is 4.79 Å². The lowest BCUT2D eigenvalue weighted by atomic mass is 10.1. The number of aryl methyl sites for hydroxylation is 1. The molecule has 2 N–H and O–H groups in total. The standard InChI is InChI=1S/C31H39N5O3/c1-5-23-11-10-12-24(21-23)32-31(38)33-25-15-16-27(26(22-25)30(37)34(6-2)7-3)35-17-19-36(20-18-35)28-13-8-9-14-29(28)39-4/h8-16,21-22H,5-7,17-20H2,1-4H3,(H2,32,33,38). The van der Waals surface area contributed by atoms with Crippen molar-refractivity contribution < 1.29 is 14.3 Å². The van der Waals surface area contributed by atoms with Gasteiger partial charge in [-0.2, -0.15) is 0 Å². The number of nitrogens with zero attached hydrogens (tertiary/aromatic N) is 3. The van der Waals surface area contributed by atoms with E-state index in [0.717, 1.165) is 61.0 Å². The number of amides is 3. The SMILES string of the molecule is CCc1cccc(NC(=O)Nc2ccc(N3CCN(c4ccccc4OC)CC3)c(C(=O)N(CC)CC)c2)c1. The van der Waals surface area contributed by atoms with Crippen molar-refractivity contribution in [3.63, 3.8) is 0 Å². The lowest BCUT2D eigenvalue weighted by molar-refractivity contribution is 0.0773. The molecule has 0 aliphatic carbocycles. The zero-order valence-corrected chi connectivity index (χ0v) is 23.4. The second-order valence-electron chi connectivity index (χ2n) is 9.49. The Morgan fingerprint density at radius 1 is 0.795 bits per heavy atom. The van der Waals surface area contributed by atoms with Crippen molar-refractivity contribution in [3.8, 4) is 5.75 Å². The molecule has 0 atom stereocenters. The Bertz CT molecular complexity index is 1280. The van der Waals surface area contributed by atoms with Crippen LogP contribution in [0.25, 0.3) is 0 Å². The molecule has 0 bridgehead atoms. The number of urea groups is 1. The van der Waals surface area contributed by atoms with Gasteiger partial charge in [0, 0.05) is 56.3 Å². The fourth-order valence-electron chi connectivity index (χ4n) is 4.98. The average Bonchev–Trinajstić information content (AvgIpc) is 2.97. The van der Waals surface area contributed by atoms with Gasteiger partial charge in [0.15, 0.2) is 0 Å². The monoisotopic (exact) mass is 529 g/mol. The summed E-state index contributed by atoms with van der Waals surface area (Å²) in [6.45, 7) is 10.4. The van der Waals surface area contributed by atoms with E-state index >= 15 is 0 Å². The Labute approximate surface area is 231 Å². The number of hydrogen-bond acceptors (Lipinski definition) is 5. The predicted molar refractivity (Wildman–Crippen MR) is 160 cm³/mol. The van der Waals surface area contributed by atoms with Crippen LogP contribution < -0.4 is 25.2 Å². The first kappa shape index (κ1) is 27.8. The van der Waals surface area contributed by atoms with E-state index in [1.165, 1.54) is 0 Å². The number of hydrogen-bond donors (Lipinski definition) is 2. The summed E-state index contributed by atoms with van der Waals surface area (Å²) in [6.07, 6.45) is 0.891. The molecule has 0 radical (unpaired) electrons. The van der Waals surface area contributed by atoms with E-state index in [-0.39, 0.29) is 11.9 Å². The Morgan fingerprint density at radius 3 is 2.08 bits per heavy atom. The number of methoxy groups -OCH3 is 1. The Balaban J connectivity index is 1.53. The Morgan fingerprint density at radius 2 is 1.44 bits per heavy atom. The minimum Gasteiger partial charge on any atom is -0.495 e. The number of carbonyl (C=O) groups excluding carboxylic acids is 2. The molecule has 3 amide bonds. The van der Waals surface area contributed by atoms with E-state index in [9.17, 15) is 9.59 Å². The van der Waals surface area contributed by atoms with Gasteiger partial charge >= 0.3 is 6.03 Å². The molecule has 8 nitrogen and oxygen atoms in total. The maximum Gasteiger partial charge on any atom is 0.323 e. The predicted octanol–water partition coefficient (Wildman–Crippen LogP) is 5.71. The van der Waals surface area contributed by atoms with Gasteiger partial charge in [-0.1, -0.05) is 31.2 Å². The smallest absolute Gasteiger partial charge is 0.323 e. The third kappa shape index (κ3) is 6.63. The van der Waals surface area contributed by atoms with E-state index in [2.05, 4.69) is 33.4 Å². The highest BCUT2D eigenvalue weighted by molar-refractivity contribution is 6.04. The molecule has 1 aliphatic heterocycles. The van der Waals surface area contributed by atoms with E-state index in [1.54, 1.807) is 13.2 Å². The highest BCUT2D eigenvalue weighted by Gasteiger charge is 2.25. The molecule has 4 rings (SSSR count). The molecule has 3 aromatic carbocycles. The molecule has 1 heterocycles. The van der Waals surface area contributed by atoms with Crippen LogP contribution in [0.2, 0.25) is 0 Å². The van der Waals surface area contributed by atoms with Crippen molar-refractivity contribution in [1.82, 2.24) is 4.90 Å². The second-order valence-corrected chi connectivity index (χ2v) is 9.49. The van der Waals surface area contributed by atoms with Crippen LogP contribution in [-0.2, 0) is 6.42 Å². The Kier molecular flexibility index (Phi) is 9.31. The average molecular weight is 530 g/mol. The van der Waals surface area contributed by atoms with E-state index in [0.29, 0.717) is 24.3 Å². The van der Waals surface area contributed by atoms with Crippen LogP contribution in [0.5, 0.6) is 5.75 Å². The van der Waals surface area contributed by atoms with Crippen LogP contribution in [0.3, 0.4) is 0 Å². The van der Waals surface area contributed by atoms with Gasteiger partial charge in [0.25, 0.3) is 5.91 Å². The summed E-state index contributed by atoms with van der Waals surface area (Å²) in [7, 11) is 1.69. The number of benzene rings is 3. The highest BCUT2D eigenvalue weighted by atomic mass is 16.5. The van der Waals surface area contributed by atoms with Crippen LogP contribution in [0.1, 0.15) is 36.7 Å². The van der Waals surface area contributed by atoms with Crippen LogP contribution in [0.4, 0.5) is 27.5 Å². The normalized spacial score (nSPS) is 13.1. The fraction of sp³-hybridized carbons (Fsp3) is 0.355. The van der Waals surface area contributed by atoms with Gasteiger partial charge in [0.2, 0.25) is 0 Å². The number of rotatable bonds is 9. The van der Waals surface area contributed by atoms with Gasteiger partial charge in [0.1, 0.15) is 5.75 Å². The molecular formula is C31H39N5O3. The van der Waals surface area contributed by atoms with Gasteiger partial charge in [0.05, 0.1) is 18.4 Å². The first-order valence-corrected chi connectivity index (χ1v) is 13.7. The molecule has 0 unspecified atom stereocenters. The lowest BCUT2D eigenvalue weighted by Gasteiger charge is -2.38. The molecule has 8 heteroatoms. The van der Waals surface area contributed by atoms with Crippen molar-refractivity contribution in [2.75, 3.05) is 66.8 Å². The minimum atomic E-state index is -0.345. The molecule has 0 saturated carbocycles. The third-order valence-corrected chi connectivity index (χ3v) is 7.17. The van der Waals surface area contributed by atoms with Crippen LogP contribution in [-0.4, -0.2) is 63.2 Å².